The highest BCUT2D eigenvalue weighted by Gasteiger charge is 1.87. The largest absolute Gasteiger partial charge is 0.235 e. The monoisotopic (exact) mass is 185 g/mol. The van der Waals surface area contributed by atoms with Gasteiger partial charge in [-0.05, 0) is 22.6 Å². The molecule has 0 aromatic rings. The van der Waals surface area contributed by atoms with Crippen molar-refractivity contribution < 1.29 is 4.39 Å². The Bertz CT molecular complexity index is 55.2. The molecular weight excluding hydrogens is 184 g/mol. The van der Waals surface area contributed by atoms with Gasteiger partial charge in [0, 0.05) is 0 Å². The van der Waals surface area contributed by atoms with Gasteiger partial charge in [0.2, 0.25) is 4.18 Å². The first-order valence-corrected chi connectivity index (χ1v) is 2.19. The smallest absolute Gasteiger partial charge is 0.219 e. The van der Waals surface area contributed by atoms with Crippen molar-refractivity contribution in [2.24, 2.45) is 0 Å². The van der Waals surface area contributed by atoms with Crippen molar-refractivity contribution in [3.8, 4) is 6.07 Å². The van der Waals surface area contributed by atoms with Crippen LogP contribution in [0.2, 0.25) is 0 Å². The van der Waals surface area contributed by atoms with Crippen LogP contribution in [0.1, 0.15) is 0 Å². The zero-order chi connectivity index (χ0) is 4.28. The lowest BCUT2D eigenvalue weighted by Gasteiger charge is -1.68. The SMILES string of the molecule is N#CC(F)I. The average molecular weight is 185 g/mol. The predicted molar refractivity (Wildman–Crippen MR) is 24.5 cm³/mol. The first kappa shape index (κ1) is 5.15. The van der Waals surface area contributed by atoms with Crippen LogP contribution in [0, 0.1) is 11.3 Å². The maximum atomic E-state index is 11.1. The summed E-state index contributed by atoms with van der Waals surface area (Å²) in [7, 11) is 0. The summed E-state index contributed by atoms with van der Waals surface area (Å²) in [5.41, 5.74) is 0. The highest BCUT2D eigenvalue weighted by molar-refractivity contribution is 14.1. The second kappa shape index (κ2) is 2.39. The summed E-state index contributed by atoms with van der Waals surface area (Å²) in [5, 5.41) is 7.51. The van der Waals surface area contributed by atoms with Gasteiger partial charge in [0.25, 0.3) is 0 Å². The van der Waals surface area contributed by atoms with E-state index in [1.54, 1.807) is 0 Å². The summed E-state index contributed by atoms with van der Waals surface area (Å²) in [4.78, 5) is 0. The zero-order valence-corrected chi connectivity index (χ0v) is 4.44. The maximum Gasteiger partial charge on any atom is 0.235 e. The van der Waals surface area contributed by atoms with Gasteiger partial charge in [-0.3, -0.25) is 0 Å². The van der Waals surface area contributed by atoms with Gasteiger partial charge >= 0.3 is 0 Å². The van der Waals surface area contributed by atoms with E-state index in [1.165, 1.54) is 28.7 Å². The van der Waals surface area contributed by atoms with E-state index >= 15 is 0 Å². The van der Waals surface area contributed by atoms with Crippen molar-refractivity contribution in [1.82, 2.24) is 0 Å². The Morgan fingerprint density at radius 1 is 2.00 bits per heavy atom. The van der Waals surface area contributed by atoms with Crippen LogP contribution in [0.15, 0.2) is 0 Å². The summed E-state index contributed by atoms with van der Waals surface area (Å²) in [6.45, 7) is 0. The van der Waals surface area contributed by atoms with E-state index in [1.807, 2.05) is 0 Å². The van der Waals surface area contributed by atoms with Crippen LogP contribution in [-0.2, 0) is 0 Å². The number of hydrogen-bond acceptors (Lipinski definition) is 1. The fourth-order valence-corrected chi connectivity index (χ4v) is 0. The summed E-state index contributed by atoms with van der Waals surface area (Å²) in [6.07, 6.45) is 0. The molecule has 0 radical (unpaired) electrons. The Balaban J connectivity index is 2.94. The van der Waals surface area contributed by atoms with Gasteiger partial charge in [0.05, 0.1) is 0 Å². The molecule has 0 fully saturated rings. The van der Waals surface area contributed by atoms with E-state index in [2.05, 4.69) is 0 Å². The minimum atomic E-state index is -1.34. The van der Waals surface area contributed by atoms with E-state index in [-0.39, 0.29) is 0 Å². The molecule has 3 heteroatoms. The normalized spacial score (nSPS) is 13.0. The van der Waals surface area contributed by atoms with Crippen molar-refractivity contribution in [2.75, 3.05) is 0 Å². The highest BCUT2D eigenvalue weighted by Crippen LogP contribution is 1.95. The molecule has 1 atom stereocenters. The fraction of sp³-hybridized carbons (Fsp3) is 0.500. The Hall–Kier alpha value is 0.150. The van der Waals surface area contributed by atoms with Crippen molar-refractivity contribution in [3.05, 3.63) is 0 Å². The topological polar surface area (TPSA) is 23.8 Å². The van der Waals surface area contributed by atoms with Crippen molar-refractivity contribution >= 4 is 22.6 Å². The van der Waals surface area contributed by atoms with Gasteiger partial charge < -0.3 is 0 Å². The molecule has 28 valence electrons. The molecule has 1 unspecified atom stereocenters. The Kier molecular flexibility index (Phi) is 2.46. The van der Waals surface area contributed by atoms with Crippen LogP contribution in [0.3, 0.4) is 0 Å². The summed E-state index contributed by atoms with van der Waals surface area (Å²) in [6, 6.07) is 1.35. The minimum absolute atomic E-state index is 1.34. The molecule has 0 aliphatic carbocycles. The molecule has 1 nitrogen and oxygen atoms in total. The molecule has 5 heavy (non-hydrogen) atoms. The van der Waals surface area contributed by atoms with Crippen LogP contribution in [0.4, 0.5) is 4.39 Å². The lowest BCUT2D eigenvalue weighted by atomic mass is 10.9. The maximum absolute atomic E-state index is 11.1. The van der Waals surface area contributed by atoms with Crippen LogP contribution in [-0.4, -0.2) is 4.18 Å². The molecule has 0 N–H and O–H groups in total. The van der Waals surface area contributed by atoms with Crippen molar-refractivity contribution in [3.63, 3.8) is 0 Å². The third-order valence-electron chi connectivity index (χ3n) is 0.0976. The highest BCUT2D eigenvalue weighted by atomic mass is 127. The van der Waals surface area contributed by atoms with Crippen LogP contribution in [0.5, 0.6) is 0 Å². The zero-order valence-electron chi connectivity index (χ0n) is 2.28. The quantitative estimate of drug-likeness (QED) is 0.411. The minimum Gasteiger partial charge on any atom is -0.219 e. The molecule has 0 rings (SSSR count). The number of hydrogen-bond donors (Lipinski definition) is 0. The van der Waals surface area contributed by atoms with Crippen LogP contribution in [0.25, 0.3) is 0 Å². The number of nitrogens with zero attached hydrogens (tertiary/aromatic N) is 1. The van der Waals surface area contributed by atoms with Gasteiger partial charge in [-0.15, -0.1) is 0 Å². The number of nitriles is 1. The number of rotatable bonds is 0. The van der Waals surface area contributed by atoms with E-state index in [4.69, 9.17) is 5.26 Å². The van der Waals surface area contributed by atoms with Gasteiger partial charge in [0.1, 0.15) is 6.07 Å². The lowest BCUT2D eigenvalue weighted by molar-refractivity contribution is 0.547. The lowest BCUT2D eigenvalue weighted by Crippen LogP contribution is -1.71. The third kappa shape index (κ3) is 4.15. The summed E-state index contributed by atoms with van der Waals surface area (Å²) < 4.78 is 9.72. The van der Waals surface area contributed by atoms with Gasteiger partial charge in [-0.1, -0.05) is 0 Å². The van der Waals surface area contributed by atoms with Gasteiger partial charge in [-0.25, -0.2) is 4.39 Å². The van der Waals surface area contributed by atoms with Gasteiger partial charge in [0.15, 0.2) is 0 Å². The molecule has 0 saturated carbocycles. The van der Waals surface area contributed by atoms with E-state index in [0.29, 0.717) is 0 Å². The van der Waals surface area contributed by atoms with Gasteiger partial charge in [-0.2, -0.15) is 5.26 Å². The molecule has 0 bridgehead atoms. The Morgan fingerprint density at radius 3 is 2.20 bits per heavy atom. The summed E-state index contributed by atoms with van der Waals surface area (Å²) in [5.74, 6) is 0. The molecule has 0 amide bonds. The molecule has 0 heterocycles. The standard InChI is InChI=1S/C2HFIN/c3-2(4)1-5/h2H. The first-order chi connectivity index (χ1) is 2.27. The second-order valence-electron chi connectivity index (χ2n) is 0.430. The fourth-order valence-electron chi connectivity index (χ4n) is 0. The van der Waals surface area contributed by atoms with E-state index in [9.17, 15) is 4.39 Å². The Labute approximate surface area is 42.9 Å². The van der Waals surface area contributed by atoms with Crippen molar-refractivity contribution in [2.45, 2.75) is 4.18 Å². The molecule has 0 aliphatic heterocycles. The number of alkyl halides is 2. The van der Waals surface area contributed by atoms with Crippen LogP contribution < -0.4 is 0 Å². The molecule has 0 aliphatic rings. The van der Waals surface area contributed by atoms with E-state index < -0.39 is 4.18 Å². The second-order valence-corrected chi connectivity index (χ2v) is 1.52. The summed E-state index contributed by atoms with van der Waals surface area (Å²) >= 11 is 1.38. The molecular formula is C2HFIN. The Morgan fingerprint density at radius 2 is 2.20 bits per heavy atom. The molecule has 0 aromatic heterocycles. The molecule has 0 spiro atoms. The third-order valence-corrected chi connectivity index (χ3v) is 0.376. The van der Waals surface area contributed by atoms with Crippen LogP contribution >= 0.6 is 22.6 Å². The molecule has 0 saturated heterocycles. The average Bonchev–Trinajstić information content (AvgIpc) is 1.38. The first-order valence-electron chi connectivity index (χ1n) is 0.949. The number of halogens is 2. The van der Waals surface area contributed by atoms with E-state index in [0.717, 1.165) is 0 Å². The predicted octanol–water partition coefficient (Wildman–Crippen LogP) is 1.24. The molecule has 0 aromatic carbocycles. The van der Waals surface area contributed by atoms with Crippen molar-refractivity contribution in [1.29, 1.82) is 5.26 Å².